The monoisotopic (exact) mass is 160 g/mol. The lowest BCUT2D eigenvalue weighted by Crippen LogP contribution is -2.06. The quantitative estimate of drug-likeness (QED) is 0.429. The highest BCUT2D eigenvalue weighted by Gasteiger charge is 2.25. The average molecular weight is 161 g/mol. The first-order valence-corrected chi connectivity index (χ1v) is 4.18. The van der Waals surface area contributed by atoms with E-state index < -0.39 is 12.6 Å². The van der Waals surface area contributed by atoms with Gasteiger partial charge in [-0.2, -0.15) is 24.3 Å². The topological polar surface area (TPSA) is 0 Å². The molecule has 5 heteroatoms. The van der Waals surface area contributed by atoms with Gasteiger partial charge in [-0.25, -0.2) is 0 Å². The van der Waals surface area contributed by atoms with Crippen molar-refractivity contribution in [2.45, 2.75) is 18.6 Å². The Kier molecular flexibility index (Phi) is 3.47. The standard InChI is InChI=1S/C3H4ClF3Si/c4-8-2-1-3(5,6)7/h1-2H2. The summed E-state index contributed by atoms with van der Waals surface area (Å²) in [6, 6.07) is 0.0467. The highest BCUT2D eigenvalue weighted by atomic mass is 35.6. The number of alkyl halides is 3. The van der Waals surface area contributed by atoms with Crippen molar-refractivity contribution in [3.63, 3.8) is 0 Å². The van der Waals surface area contributed by atoms with Crippen molar-refractivity contribution in [2.75, 3.05) is 0 Å². The molecular weight excluding hydrogens is 157 g/mol. The second kappa shape index (κ2) is 3.35. The fourth-order valence-corrected chi connectivity index (χ4v) is 0.850. The van der Waals surface area contributed by atoms with E-state index in [-0.39, 0.29) is 14.9 Å². The molecule has 0 nitrogen and oxygen atoms in total. The summed E-state index contributed by atoms with van der Waals surface area (Å²) in [6.07, 6.45) is -4.78. The van der Waals surface area contributed by atoms with Crippen molar-refractivity contribution in [3.05, 3.63) is 0 Å². The molecule has 0 aromatic heterocycles. The summed E-state index contributed by atoms with van der Waals surface area (Å²) >= 11 is 5.04. The summed E-state index contributed by atoms with van der Waals surface area (Å²) in [6.45, 7) is 0. The van der Waals surface area contributed by atoms with Crippen LogP contribution < -0.4 is 0 Å². The van der Waals surface area contributed by atoms with Gasteiger partial charge < -0.3 is 0 Å². The summed E-state index contributed by atoms with van der Waals surface area (Å²) < 4.78 is 33.6. The molecule has 0 atom stereocenters. The Labute approximate surface area is 52.5 Å². The molecule has 0 spiro atoms. The van der Waals surface area contributed by atoms with Gasteiger partial charge in [0.15, 0.2) is 8.83 Å². The van der Waals surface area contributed by atoms with E-state index in [1.807, 2.05) is 0 Å². The molecule has 0 unspecified atom stereocenters. The van der Waals surface area contributed by atoms with Crippen molar-refractivity contribution >= 4 is 19.9 Å². The molecule has 0 saturated heterocycles. The minimum Gasteiger partial charge on any atom is -0.171 e. The van der Waals surface area contributed by atoms with Gasteiger partial charge >= 0.3 is 6.18 Å². The molecule has 0 aromatic carbocycles. The molecule has 0 heterocycles. The lowest BCUT2D eigenvalue weighted by Gasteiger charge is -2.01. The summed E-state index contributed by atoms with van der Waals surface area (Å²) in [7, 11) is -0.116. The second-order valence-corrected chi connectivity index (χ2v) is 2.82. The predicted molar refractivity (Wildman–Crippen MR) is 27.1 cm³/mol. The molecule has 0 aliphatic rings. The van der Waals surface area contributed by atoms with Crippen LogP contribution in [0.25, 0.3) is 0 Å². The van der Waals surface area contributed by atoms with Gasteiger partial charge in [0.1, 0.15) is 0 Å². The first-order valence-electron chi connectivity index (χ1n) is 1.96. The fraction of sp³-hybridized carbons (Fsp3) is 1.00. The predicted octanol–water partition coefficient (Wildman–Crippen LogP) is 2.22. The molecule has 8 heavy (non-hydrogen) atoms. The Morgan fingerprint density at radius 3 is 2.00 bits per heavy atom. The first-order chi connectivity index (χ1) is 3.56. The van der Waals surface area contributed by atoms with E-state index in [4.69, 9.17) is 11.1 Å². The first kappa shape index (κ1) is 8.30. The summed E-state index contributed by atoms with van der Waals surface area (Å²) in [5.41, 5.74) is 0. The van der Waals surface area contributed by atoms with Crippen LogP contribution in [0.4, 0.5) is 13.2 Å². The molecule has 48 valence electrons. The molecule has 0 saturated carbocycles. The van der Waals surface area contributed by atoms with Crippen LogP contribution in [-0.4, -0.2) is 15.0 Å². The number of hydrogen-bond donors (Lipinski definition) is 0. The van der Waals surface area contributed by atoms with E-state index in [2.05, 4.69) is 0 Å². The number of halogens is 4. The van der Waals surface area contributed by atoms with Crippen LogP contribution >= 0.6 is 11.1 Å². The van der Waals surface area contributed by atoms with E-state index in [0.717, 1.165) is 0 Å². The molecular formula is C3H4ClF3Si. The third-order valence-electron chi connectivity index (χ3n) is 0.503. The Balaban J connectivity index is 3.11. The van der Waals surface area contributed by atoms with Crippen LogP contribution in [0.2, 0.25) is 6.04 Å². The zero-order valence-corrected chi connectivity index (χ0v) is 5.68. The van der Waals surface area contributed by atoms with Gasteiger partial charge in [-0.1, -0.05) is 0 Å². The Morgan fingerprint density at radius 1 is 1.38 bits per heavy atom. The van der Waals surface area contributed by atoms with Gasteiger partial charge in [0, 0.05) is 6.42 Å². The maximum Gasteiger partial charge on any atom is 0.388 e. The largest absolute Gasteiger partial charge is 0.388 e. The van der Waals surface area contributed by atoms with Crippen LogP contribution in [0, 0.1) is 0 Å². The zero-order valence-electron chi connectivity index (χ0n) is 3.93. The van der Waals surface area contributed by atoms with Crippen LogP contribution in [-0.2, 0) is 0 Å². The maximum absolute atomic E-state index is 11.2. The van der Waals surface area contributed by atoms with Gasteiger partial charge in [0.25, 0.3) is 0 Å². The van der Waals surface area contributed by atoms with E-state index >= 15 is 0 Å². The van der Waals surface area contributed by atoms with Crippen molar-refractivity contribution in [2.24, 2.45) is 0 Å². The van der Waals surface area contributed by atoms with Gasteiger partial charge in [-0.05, 0) is 6.04 Å². The average Bonchev–Trinajstić information content (AvgIpc) is 1.59. The van der Waals surface area contributed by atoms with E-state index in [1.54, 1.807) is 0 Å². The molecule has 0 rings (SSSR count). The highest BCUT2D eigenvalue weighted by molar-refractivity contribution is 6.93. The minimum absolute atomic E-state index is 0.0467. The highest BCUT2D eigenvalue weighted by Crippen LogP contribution is 2.21. The Morgan fingerprint density at radius 2 is 1.88 bits per heavy atom. The van der Waals surface area contributed by atoms with Crippen LogP contribution in [0.1, 0.15) is 6.42 Å². The molecule has 2 radical (unpaired) electrons. The van der Waals surface area contributed by atoms with Crippen molar-refractivity contribution in [1.29, 1.82) is 0 Å². The molecule has 0 aliphatic carbocycles. The van der Waals surface area contributed by atoms with Gasteiger partial charge in [0.05, 0.1) is 0 Å². The van der Waals surface area contributed by atoms with Crippen molar-refractivity contribution in [3.8, 4) is 0 Å². The van der Waals surface area contributed by atoms with Gasteiger partial charge in [-0.15, -0.1) is 0 Å². The van der Waals surface area contributed by atoms with E-state index in [1.165, 1.54) is 0 Å². The lowest BCUT2D eigenvalue weighted by atomic mass is 10.5. The molecule has 0 amide bonds. The molecule has 0 N–H and O–H groups in total. The number of hydrogen-bond acceptors (Lipinski definition) is 0. The molecule has 0 aliphatic heterocycles. The van der Waals surface area contributed by atoms with Crippen LogP contribution in [0.5, 0.6) is 0 Å². The van der Waals surface area contributed by atoms with Gasteiger partial charge in [0.2, 0.25) is 0 Å². The van der Waals surface area contributed by atoms with E-state index in [9.17, 15) is 13.2 Å². The molecule has 0 aromatic rings. The molecule has 0 fully saturated rings. The van der Waals surface area contributed by atoms with Crippen molar-refractivity contribution in [1.82, 2.24) is 0 Å². The van der Waals surface area contributed by atoms with Crippen molar-refractivity contribution < 1.29 is 13.2 Å². The smallest absolute Gasteiger partial charge is 0.171 e. The van der Waals surface area contributed by atoms with Crippen LogP contribution in [0.3, 0.4) is 0 Å². The lowest BCUT2D eigenvalue weighted by molar-refractivity contribution is -0.130. The van der Waals surface area contributed by atoms with Crippen LogP contribution in [0.15, 0.2) is 0 Å². The summed E-state index contributed by atoms with van der Waals surface area (Å²) in [5.74, 6) is 0. The SMILES string of the molecule is FC(F)(F)CC[Si]Cl. The normalized spacial score (nSPS) is 12.0. The third-order valence-corrected chi connectivity index (χ3v) is 1.51. The number of rotatable bonds is 2. The molecule has 0 bridgehead atoms. The third kappa shape index (κ3) is 6.30. The zero-order chi connectivity index (χ0) is 6.62. The second-order valence-electron chi connectivity index (χ2n) is 1.25. The maximum atomic E-state index is 11.2. The summed E-state index contributed by atoms with van der Waals surface area (Å²) in [4.78, 5) is 0. The minimum atomic E-state index is -4.03. The van der Waals surface area contributed by atoms with Gasteiger partial charge in [-0.3, -0.25) is 0 Å². The fourth-order valence-electron chi connectivity index (χ4n) is 0.189. The Bertz CT molecular complexity index is 62.0. The summed E-state index contributed by atoms with van der Waals surface area (Å²) in [5, 5.41) is 0. The Hall–Kier alpha value is 0.297. The van der Waals surface area contributed by atoms with E-state index in [0.29, 0.717) is 0 Å².